The molecule has 9 heavy (non-hydrogen) atoms. The first-order valence-electron chi connectivity index (χ1n) is 2.42. The van der Waals surface area contributed by atoms with Crippen molar-refractivity contribution < 1.29 is 0 Å². The average Bonchev–Trinajstić information content (AvgIpc) is 1.85. The second kappa shape index (κ2) is 2.91. The van der Waals surface area contributed by atoms with Gasteiger partial charge in [0, 0.05) is 11.9 Å². The quantitative estimate of drug-likeness (QED) is 0.461. The first-order chi connectivity index (χ1) is 3.70. The van der Waals surface area contributed by atoms with Crippen molar-refractivity contribution >= 4 is 12.4 Å². The molecule has 1 aliphatic rings. The van der Waals surface area contributed by atoms with Crippen LogP contribution in [0.4, 0.5) is 0 Å². The van der Waals surface area contributed by atoms with Crippen LogP contribution in [-0.4, -0.2) is 16.7 Å². The Kier molecular flexibility index (Phi) is 2.76. The molecule has 0 saturated heterocycles. The third-order valence-electron chi connectivity index (χ3n) is 1.12. The van der Waals surface area contributed by atoms with Crippen molar-refractivity contribution in [1.29, 1.82) is 0 Å². The van der Waals surface area contributed by atoms with E-state index < -0.39 is 0 Å². The lowest BCUT2D eigenvalue weighted by Gasteiger charge is -2.12. The van der Waals surface area contributed by atoms with E-state index in [2.05, 4.69) is 0 Å². The summed E-state index contributed by atoms with van der Waals surface area (Å²) < 4.78 is 0. The Morgan fingerprint density at radius 2 is 2.11 bits per heavy atom. The molecule has 0 aromatic heterocycles. The molecule has 1 aliphatic heterocycles. The Balaban J connectivity index is 0.000000640. The van der Waals surface area contributed by atoms with E-state index in [1.165, 1.54) is 5.01 Å². The van der Waals surface area contributed by atoms with Crippen LogP contribution in [0.3, 0.4) is 0 Å². The summed E-state index contributed by atoms with van der Waals surface area (Å²) in [5.74, 6) is 10.8. The zero-order chi connectivity index (χ0) is 6.15. The molecule has 54 valence electrons. The fraction of sp³-hybridized carbons (Fsp3) is 0.500. The fourth-order valence-electron chi connectivity index (χ4n) is 0.642. The third kappa shape index (κ3) is 1.74. The molecule has 5 heteroatoms. The SMILES string of the molecule is CC1=CN(N)CN1N.Cl. The van der Waals surface area contributed by atoms with Crippen LogP contribution in [0.2, 0.25) is 0 Å². The van der Waals surface area contributed by atoms with Gasteiger partial charge in [-0.05, 0) is 6.92 Å². The maximum absolute atomic E-state index is 5.41. The highest BCUT2D eigenvalue weighted by molar-refractivity contribution is 5.85. The van der Waals surface area contributed by atoms with Crippen molar-refractivity contribution in [3.63, 3.8) is 0 Å². The van der Waals surface area contributed by atoms with E-state index in [4.69, 9.17) is 11.7 Å². The molecule has 0 saturated carbocycles. The highest BCUT2D eigenvalue weighted by Crippen LogP contribution is 2.04. The Hall–Kier alpha value is -0.450. The summed E-state index contributed by atoms with van der Waals surface area (Å²) in [5.41, 5.74) is 0.993. The van der Waals surface area contributed by atoms with Gasteiger partial charge in [0.25, 0.3) is 0 Å². The highest BCUT2D eigenvalue weighted by Gasteiger charge is 2.09. The van der Waals surface area contributed by atoms with Crippen molar-refractivity contribution in [2.75, 3.05) is 6.67 Å². The van der Waals surface area contributed by atoms with Gasteiger partial charge < -0.3 is 0 Å². The summed E-state index contributed by atoms with van der Waals surface area (Å²) in [7, 11) is 0. The second-order valence-electron chi connectivity index (χ2n) is 1.90. The van der Waals surface area contributed by atoms with E-state index >= 15 is 0 Å². The summed E-state index contributed by atoms with van der Waals surface area (Å²) in [5, 5.41) is 3.12. The van der Waals surface area contributed by atoms with Crippen LogP contribution in [0.15, 0.2) is 11.9 Å². The largest absolute Gasteiger partial charge is 0.296 e. The average molecular weight is 151 g/mol. The van der Waals surface area contributed by atoms with Crippen LogP contribution >= 0.6 is 12.4 Å². The summed E-state index contributed by atoms with van der Waals surface area (Å²) in [6.07, 6.45) is 1.79. The topological polar surface area (TPSA) is 58.5 Å². The van der Waals surface area contributed by atoms with Gasteiger partial charge in [0.05, 0.1) is 0 Å². The van der Waals surface area contributed by atoms with Gasteiger partial charge >= 0.3 is 0 Å². The van der Waals surface area contributed by atoms with E-state index in [9.17, 15) is 0 Å². The number of allylic oxidation sites excluding steroid dienone is 1. The van der Waals surface area contributed by atoms with Gasteiger partial charge in [0.15, 0.2) is 0 Å². The van der Waals surface area contributed by atoms with E-state index in [1.54, 1.807) is 11.2 Å². The molecule has 0 spiro atoms. The van der Waals surface area contributed by atoms with Gasteiger partial charge in [0.1, 0.15) is 6.67 Å². The zero-order valence-corrected chi connectivity index (χ0v) is 6.06. The van der Waals surface area contributed by atoms with Crippen LogP contribution in [0.25, 0.3) is 0 Å². The maximum Gasteiger partial charge on any atom is 0.118 e. The molecule has 0 radical (unpaired) electrons. The molecule has 0 aliphatic carbocycles. The molecule has 1 rings (SSSR count). The van der Waals surface area contributed by atoms with Crippen molar-refractivity contribution in [3.05, 3.63) is 11.9 Å². The molecule has 0 atom stereocenters. The molecule has 0 fully saturated rings. The number of nitrogens with two attached hydrogens (primary N) is 2. The summed E-state index contributed by atoms with van der Waals surface area (Å²) in [4.78, 5) is 0. The Labute approximate surface area is 60.4 Å². The number of hydrogen-bond donors (Lipinski definition) is 2. The van der Waals surface area contributed by atoms with Crippen LogP contribution < -0.4 is 11.7 Å². The highest BCUT2D eigenvalue weighted by atomic mass is 35.5. The van der Waals surface area contributed by atoms with Gasteiger partial charge in [-0.1, -0.05) is 0 Å². The monoisotopic (exact) mass is 150 g/mol. The molecule has 0 aromatic carbocycles. The predicted octanol–water partition coefficient (Wildman–Crippen LogP) is -0.408. The number of hydrazine groups is 2. The summed E-state index contributed by atoms with van der Waals surface area (Å²) in [6, 6.07) is 0. The van der Waals surface area contributed by atoms with E-state index in [-0.39, 0.29) is 12.4 Å². The zero-order valence-electron chi connectivity index (χ0n) is 5.24. The van der Waals surface area contributed by atoms with E-state index in [0.717, 1.165) is 5.70 Å². The van der Waals surface area contributed by atoms with Gasteiger partial charge in [-0.2, -0.15) is 0 Å². The summed E-state index contributed by atoms with van der Waals surface area (Å²) >= 11 is 0. The van der Waals surface area contributed by atoms with Crippen LogP contribution in [0, 0.1) is 0 Å². The predicted molar refractivity (Wildman–Crippen MR) is 37.9 cm³/mol. The Morgan fingerprint density at radius 1 is 1.56 bits per heavy atom. The number of nitrogens with zero attached hydrogens (tertiary/aromatic N) is 2. The van der Waals surface area contributed by atoms with Crippen LogP contribution in [0.1, 0.15) is 6.92 Å². The molecule has 1 heterocycles. The maximum atomic E-state index is 5.41. The van der Waals surface area contributed by atoms with Crippen LogP contribution in [-0.2, 0) is 0 Å². The third-order valence-corrected chi connectivity index (χ3v) is 1.12. The lowest BCUT2D eigenvalue weighted by Crippen LogP contribution is -2.34. The van der Waals surface area contributed by atoms with E-state index in [0.29, 0.717) is 6.67 Å². The molecule has 0 unspecified atom stereocenters. The first-order valence-corrected chi connectivity index (χ1v) is 2.42. The number of hydrogen-bond acceptors (Lipinski definition) is 4. The lowest BCUT2D eigenvalue weighted by molar-refractivity contribution is 0.265. The smallest absolute Gasteiger partial charge is 0.118 e. The molecule has 0 bridgehead atoms. The number of halogens is 1. The van der Waals surface area contributed by atoms with Crippen molar-refractivity contribution in [3.8, 4) is 0 Å². The van der Waals surface area contributed by atoms with Crippen molar-refractivity contribution in [1.82, 2.24) is 10.0 Å². The molecule has 4 N–H and O–H groups in total. The Morgan fingerprint density at radius 3 is 2.22 bits per heavy atom. The number of rotatable bonds is 0. The van der Waals surface area contributed by atoms with Crippen molar-refractivity contribution in [2.24, 2.45) is 11.7 Å². The molecular formula is C4H11ClN4. The summed E-state index contributed by atoms with van der Waals surface area (Å²) in [6.45, 7) is 2.50. The van der Waals surface area contributed by atoms with Gasteiger partial charge in [0.2, 0.25) is 0 Å². The molecule has 0 amide bonds. The van der Waals surface area contributed by atoms with Crippen molar-refractivity contribution in [2.45, 2.75) is 6.92 Å². The van der Waals surface area contributed by atoms with Gasteiger partial charge in [-0.15, -0.1) is 12.4 Å². The van der Waals surface area contributed by atoms with E-state index in [1.807, 2.05) is 6.92 Å². The van der Waals surface area contributed by atoms with Gasteiger partial charge in [-0.3, -0.25) is 10.0 Å². The Bertz CT molecular complexity index is 124. The standard InChI is InChI=1S/C4H10N4.ClH/c1-4-2-7(5)3-8(4)6;/h2H,3,5-6H2,1H3;1H. The lowest BCUT2D eigenvalue weighted by atomic mass is 10.6. The fourth-order valence-corrected chi connectivity index (χ4v) is 0.642. The molecule has 0 aromatic rings. The minimum Gasteiger partial charge on any atom is -0.296 e. The first kappa shape index (κ1) is 8.55. The molecule has 4 nitrogen and oxygen atoms in total. The molecular weight excluding hydrogens is 140 g/mol. The minimum atomic E-state index is 0. The second-order valence-corrected chi connectivity index (χ2v) is 1.90. The minimum absolute atomic E-state index is 0. The van der Waals surface area contributed by atoms with Crippen LogP contribution in [0.5, 0.6) is 0 Å². The normalized spacial score (nSPS) is 17.4. The van der Waals surface area contributed by atoms with Gasteiger partial charge in [-0.25, -0.2) is 11.7 Å².